The predicted octanol–water partition coefficient (Wildman–Crippen LogP) is 7.06. The number of hydrogen-bond donors (Lipinski definition) is 2. The van der Waals surface area contributed by atoms with E-state index >= 15 is 0 Å². The van der Waals surface area contributed by atoms with Gasteiger partial charge in [-0.2, -0.15) is 0 Å². The average Bonchev–Trinajstić information content (AvgIpc) is 2.74. The topological polar surface area (TPSA) is 35.9 Å². The molecule has 0 amide bonds. The molecule has 0 aliphatic heterocycles. The second-order valence-electron chi connectivity index (χ2n) is 6.07. The van der Waals surface area contributed by atoms with Crippen molar-refractivity contribution in [1.82, 2.24) is 0 Å². The van der Waals surface area contributed by atoms with Crippen molar-refractivity contribution in [3.63, 3.8) is 0 Å². The monoisotopic (exact) mass is 394 g/mol. The first-order valence-corrected chi connectivity index (χ1v) is 10.4. The Bertz CT molecular complexity index is 894. The van der Waals surface area contributed by atoms with Gasteiger partial charge in [-0.3, -0.25) is 0 Å². The molecule has 146 valence electrons. The quantitative estimate of drug-likeness (QED) is 0.332. The van der Waals surface area contributed by atoms with Crippen LogP contribution in [0.4, 0.5) is 10.1 Å². The molecule has 4 heteroatoms. The summed E-state index contributed by atoms with van der Waals surface area (Å²) in [5.41, 5.74) is 4.83. The Kier molecular flexibility index (Phi) is 8.76. The van der Waals surface area contributed by atoms with Crippen LogP contribution in [0.2, 0.25) is 0 Å². The SMILES string of the molecule is CC.Cc1ccccc1CNc1cc(F)c(SCc2ccccc2)cc1C=N. The van der Waals surface area contributed by atoms with Crippen LogP contribution in [0.5, 0.6) is 0 Å². The zero-order valence-corrected chi connectivity index (χ0v) is 17.4. The molecule has 0 aliphatic carbocycles. The molecule has 0 saturated heterocycles. The standard InChI is InChI=1S/C22H21FN2S.C2H6/c1-16-7-5-6-10-18(16)14-25-21-12-20(23)22(11-19(21)13-24)26-15-17-8-3-2-4-9-17;1-2/h2-13,24-25H,14-15H2,1H3;1-2H3. The number of benzene rings is 3. The highest BCUT2D eigenvalue weighted by molar-refractivity contribution is 7.98. The second-order valence-corrected chi connectivity index (χ2v) is 7.09. The Labute approximate surface area is 171 Å². The molecule has 0 atom stereocenters. The maximum Gasteiger partial charge on any atom is 0.138 e. The van der Waals surface area contributed by atoms with Crippen LogP contribution in [-0.2, 0) is 12.3 Å². The highest BCUT2D eigenvalue weighted by atomic mass is 32.2. The van der Waals surface area contributed by atoms with Gasteiger partial charge in [0.15, 0.2) is 0 Å². The fourth-order valence-corrected chi connectivity index (χ4v) is 3.61. The lowest BCUT2D eigenvalue weighted by Gasteiger charge is -2.13. The van der Waals surface area contributed by atoms with Gasteiger partial charge in [0.05, 0.1) is 0 Å². The molecule has 0 aromatic heterocycles. The molecule has 2 nitrogen and oxygen atoms in total. The minimum absolute atomic E-state index is 0.260. The van der Waals surface area contributed by atoms with Gasteiger partial charge in [0, 0.05) is 34.7 Å². The first-order valence-electron chi connectivity index (χ1n) is 9.46. The third kappa shape index (κ3) is 5.96. The van der Waals surface area contributed by atoms with Crippen molar-refractivity contribution in [2.75, 3.05) is 5.32 Å². The second kappa shape index (κ2) is 11.3. The summed E-state index contributed by atoms with van der Waals surface area (Å²) >= 11 is 1.45. The van der Waals surface area contributed by atoms with Crippen LogP contribution < -0.4 is 5.32 Å². The lowest BCUT2D eigenvalue weighted by atomic mass is 10.1. The largest absolute Gasteiger partial charge is 0.380 e. The summed E-state index contributed by atoms with van der Waals surface area (Å²) in [6.45, 7) is 6.65. The molecule has 3 aromatic rings. The molecule has 3 aromatic carbocycles. The number of nitrogens with one attached hydrogen (secondary N) is 2. The molecule has 0 fully saturated rings. The van der Waals surface area contributed by atoms with Crippen molar-refractivity contribution in [2.45, 2.75) is 38.0 Å². The van der Waals surface area contributed by atoms with Gasteiger partial charge in [0.25, 0.3) is 0 Å². The van der Waals surface area contributed by atoms with E-state index in [-0.39, 0.29) is 5.82 Å². The van der Waals surface area contributed by atoms with Crippen molar-refractivity contribution >= 4 is 23.7 Å². The van der Waals surface area contributed by atoms with Gasteiger partial charge in [-0.15, -0.1) is 11.8 Å². The average molecular weight is 395 g/mol. The third-order valence-corrected chi connectivity index (χ3v) is 5.33. The Morgan fingerprint density at radius 2 is 1.68 bits per heavy atom. The normalized spacial score (nSPS) is 10.0. The van der Waals surface area contributed by atoms with Crippen LogP contribution in [0.25, 0.3) is 0 Å². The number of thioether (sulfide) groups is 1. The van der Waals surface area contributed by atoms with Crippen molar-refractivity contribution < 1.29 is 4.39 Å². The molecule has 2 N–H and O–H groups in total. The third-order valence-electron chi connectivity index (χ3n) is 4.23. The first kappa shape index (κ1) is 21.7. The summed E-state index contributed by atoms with van der Waals surface area (Å²) in [5, 5.41) is 10.9. The fourth-order valence-electron chi connectivity index (χ4n) is 2.69. The van der Waals surface area contributed by atoms with Crippen LogP contribution in [0.15, 0.2) is 71.6 Å². The molecule has 28 heavy (non-hydrogen) atoms. The molecule has 0 spiro atoms. The summed E-state index contributed by atoms with van der Waals surface area (Å²) in [4.78, 5) is 0.564. The summed E-state index contributed by atoms with van der Waals surface area (Å²) in [7, 11) is 0. The minimum atomic E-state index is -0.260. The summed E-state index contributed by atoms with van der Waals surface area (Å²) in [5.74, 6) is 0.439. The fraction of sp³-hybridized carbons (Fsp3) is 0.208. The predicted molar refractivity (Wildman–Crippen MR) is 120 cm³/mol. The van der Waals surface area contributed by atoms with E-state index in [9.17, 15) is 4.39 Å². The van der Waals surface area contributed by atoms with E-state index < -0.39 is 0 Å². The van der Waals surface area contributed by atoms with Crippen molar-refractivity contribution in [3.05, 3.63) is 94.8 Å². The number of rotatable bonds is 7. The van der Waals surface area contributed by atoms with Gasteiger partial charge < -0.3 is 10.7 Å². The van der Waals surface area contributed by atoms with Crippen LogP contribution in [0.3, 0.4) is 0 Å². The van der Waals surface area contributed by atoms with E-state index in [1.54, 1.807) is 6.07 Å². The van der Waals surface area contributed by atoms with Crippen molar-refractivity contribution in [1.29, 1.82) is 5.41 Å². The number of hydrogen-bond acceptors (Lipinski definition) is 3. The van der Waals surface area contributed by atoms with Gasteiger partial charge in [-0.25, -0.2) is 4.39 Å². The lowest BCUT2D eigenvalue weighted by Crippen LogP contribution is -2.04. The van der Waals surface area contributed by atoms with Crippen molar-refractivity contribution in [3.8, 4) is 0 Å². The Hall–Kier alpha value is -2.59. The van der Waals surface area contributed by atoms with Gasteiger partial charge >= 0.3 is 0 Å². The van der Waals surface area contributed by atoms with Gasteiger partial charge in [0.1, 0.15) is 5.82 Å². The van der Waals surface area contributed by atoms with E-state index in [0.717, 1.165) is 11.1 Å². The molecule has 0 aliphatic rings. The van der Waals surface area contributed by atoms with E-state index in [1.165, 1.54) is 29.6 Å². The summed E-state index contributed by atoms with van der Waals surface area (Å²) in [6, 6.07) is 21.3. The first-order chi connectivity index (χ1) is 13.7. The van der Waals surface area contributed by atoms with E-state index in [4.69, 9.17) is 5.41 Å². The van der Waals surface area contributed by atoms with Crippen LogP contribution in [0, 0.1) is 18.2 Å². The molecular formula is C24H27FN2S. The van der Waals surface area contributed by atoms with E-state index in [1.807, 2.05) is 62.4 Å². The Balaban J connectivity index is 0.00000136. The molecule has 0 radical (unpaired) electrons. The molecule has 3 rings (SSSR count). The molecular weight excluding hydrogens is 367 g/mol. The van der Waals surface area contributed by atoms with Crippen LogP contribution in [0.1, 0.15) is 36.1 Å². The Morgan fingerprint density at radius 3 is 2.36 bits per heavy atom. The highest BCUT2D eigenvalue weighted by Gasteiger charge is 2.10. The molecule has 0 saturated carbocycles. The smallest absolute Gasteiger partial charge is 0.138 e. The van der Waals surface area contributed by atoms with E-state index in [2.05, 4.69) is 18.3 Å². The summed E-state index contributed by atoms with van der Waals surface area (Å²) < 4.78 is 14.5. The van der Waals surface area contributed by atoms with Gasteiger partial charge in [0.2, 0.25) is 0 Å². The maximum atomic E-state index is 14.5. The molecule has 0 unspecified atom stereocenters. The number of halogens is 1. The Morgan fingerprint density at radius 1 is 1.00 bits per heavy atom. The molecule has 0 bridgehead atoms. The van der Waals surface area contributed by atoms with Gasteiger partial charge in [-0.05, 0) is 35.7 Å². The number of anilines is 1. The molecule has 0 heterocycles. The summed E-state index contributed by atoms with van der Waals surface area (Å²) in [6.07, 6.45) is 1.27. The number of aryl methyl sites for hydroxylation is 1. The minimum Gasteiger partial charge on any atom is -0.380 e. The zero-order chi connectivity index (χ0) is 20.4. The van der Waals surface area contributed by atoms with Gasteiger partial charge in [-0.1, -0.05) is 68.4 Å². The van der Waals surface area contributed by atoms with Crippen LogP contribution >= 0.6 is 11.8 Å². The van der Waals surface area contributed by atoms with E-state index in [0.29, 0.717) is 28.4 Å². The lowest BCUT2D eigenvalue weighted by molar-refractivity contribution is 0.602. The maximum absolute atomic E-state index is 14.5. The van der Waals surface area contributed by atoms with Crippen molar-refractivity contribution in [2.24, 2.45) is 0 Å². The zero-order valence-electron chi connectivity index (χ0n) is 16.6. The highest BCUT2D eigenvalue weighted by Crippen LogP contribution is 2.30. The van der Waals surface area contributed by atoms with Crippen LogP contribution in [-0.4, -0.2) is 6.21 Å².